The monoisotopic (exact) mass is 231 g/mol. The van der Waals surface area contributed by atoms with E-state index in [2.05, 4.69) is 30.9 Å². The third-order valence-electron chi connectivity index (χ3n) is 3.38. The summed E-state index contributed by atoms with van der Waals surface area (Å²) in [6, 6.07) is 8.51. The Morgan fingerprint density at radius 2 is 1.88 bits per heavy atom. The molecule has 0 N–H and O–H groups in total. The normalized spacial score (nSPS) is 15.1. The van der Waals surface area contributed by atoms with Crippen LogP contribution in [0.4, 0.5) is 5.69 Å². The molecule has 1 aliphatic carbocycles. The first-order chi connectivity index (χ1) is 8.08. The number of carbonyl (C=O) groups is 1. The number of benzene rings is 1. The molecule has 0 saturated heterocycles. The van der Waals surface area contributed by atoms with E-state index in [1.807, 2.05) is 12.1 Å². The highest BCUT2D eigenvalue weighted by Crippen LogP contribution is 2.32. The second kappa shape index (κ2) is 4.91. The number of rotatable bonds is 5. The number of hydrogen-bond donors (Lipinski definition) is 0. The molecule has 1 aromatic rings. The zero-order chi connectivity index (χ0) is 12.4. The fraction of sp³-hybridized carbons (Fsp3) is 0.533. The second-order valence-corrected chi connectivity index (χ2v) is 5.29. The maximum atomic E-state index is 11.2. The Morgan fingerprint density at radius 1 is 1.29 bits per heavy atom. The van der Waals surface area contributed by atoms with E-state index in [0.717, 1.165) is 18.0 Å². The molecule has 2 rings (SSSR count). The Hall–Kier alpha value is -1.31. The van der Waals surface area contributed by atoms with E-state index >= 15 is 0 Å². The van der Waals surface area contributed by atoms with E-state index in [-0.39, 0.29) is 5.78 Å². The largest absolute Gasteiger partial charge is 0.369 e. The molecule has 0 aromatic heterocycles. The Morgan fingerprint density at radius 3 is 2.29 bits per heavy atom. The van der Waals surface area contributed by atoms with Crippen molar-refractivity contribution < 1.29 is 4.79 Å². The number of ketones is 1. The van der Waals surface area contributed by atoms with E-state index in [0.29, 0.717) is 6.04 Å². The maximum absolute atomic E-state index is 11.2. The molecule has 0 atom stereocenters. The highest BCUT2D eigenvalue weighted by molar-refractivity contribution is 5.94. The summed E-state index contributed by atoms with van der Waals surface area (Å²) >= 11 is 0. The minimum atomic E-state index is 0.134. The van der Waals surface area contributed by atoms with Crippen molar-refractivity contribution in [3.05, 3.63) is 29.8 Å². The lowest BCUT2D eigenvalue weighted by atomic mass is 10.1. The van der Waals surface area contributed by atoms with Crippen molar-refractivity contribution in [1.82, 2.24) is 0 Å². The first-order valence-electron chi connectivity index (χ1n) is 6.45. The van der Waals surface area contributed by atoms with Crippen LogP contribution < -0.4 is 4.90 Å². The molecule has 0 unspecified atom stereocenters. The topological polar surface area (TPSA) is 20.3 Å². The Kier molecular flexibility index (Phi) is 3.51. The minimum Gasteiger partial charge on any atom is -0.369 e. The van der Waals surface area contributed by atoms with E-state index in [1.54, 1.807) is 6.92 Å². The van der Waals surface area contributed by atoms with Gasteiger partial charge in [0.05, 0.1) is 0 Å². The van der Waals surface area contributed by atoms with Crippen LogP contribution in [0.3, 0.4) is 0 Å². The summed E-state index contributed by atoms with van der Waals surface area (Å²) in [5.74, 6) is 1.01. The molecule has 2 nitrogen and oxygen atoms in total. The summed E-state index contributed by atoms with van der Waals surface area (Å²) in [6.07, 6.45) is 2.74. The van der Waals surface area contributed by atoms with Crippen LogP contribution in [0.25, 0.3) is 0 Å². The van der Waals surface area contributed by atoms with Crippen molar-refractivity contribution in [3.8, 4) is 0 Å². The van der Waals surface area contributed by atoms with E-state index in [1.165, 1.54) is 18.5 Å². The smallest absolute Gasteiger partial charge is 0.159 e. The van der Waals surface area contributed by atoms with Crippen LogP contribution in [0.2, 0.25) is 0 Å². The maximum Gasteiger partial charge on any atom is 0.159 e. The van der Waals surface area contributed by atoms with Gasteiger partial charge in [-0.2, -0.15) is 0 Å². The average molecular weight is 231 g/mol. The van der Waals surface area contributed by atoms with E-state index in [4.69, 9.17) is 0 Å². The van der Waals surface area contributed by atoms with Crippen molar-refractivity contribution in [2.75, 3.05) is 11.4 Å². The van der Waals surface area contributed by atoms with Gasteiger partial charge in [-0.3, -0.25) is 4.79 Å². The number of carbonyl (C=O) groups excluding carboxylic acids is 1. The van der Waals surface area contributed by atoms with Crippen molar-refractivity contribution in [1.29, 1.82) is 0 Å². The van der Waals surface area contributed by atoms with Gasteiger partial charge in [-0.05, 0) is 63.8 Å². The third kappa shape index (κ3) is 3.09. The minimum absolute atomic E-state index is 0.134. The van der Waals surface area contributed by atoms with Gasteiger partial charge in [-0.25, -0.2) is 0 Å². The van der Waals surface area contributed by atoms with Gasteiger partial charge >= 0.3 is 0 Å². The second-order valence-electron chi connectivity index (χ2n) is 5.29. The number of anilines is 1. The van der Waals surface area contributed by atoms with Crippen molar-refractivity contribution in [3.63, 3.8) is 0 Å². The lowest BCUT2D eigenvalue weighted by molar-refractivity contribution is 0.101. The Labute approximate surface area is 104 Å². The summed E-state index contributed by atoms with van der Waals surface area (Å²) in [7, 11) is 0. The van der Waals surface area contributed by atoms with Crippen molar-refractivity contribution in [2.45, 2.75) is 39.7 Å². The first-order valence-corrected chi connectivity index (χ1v) is 6.45. The van der Waals surface area contributed by atoms with Crippen LogP contribution in [0, 0.1) is 5.92 Å². The van der Waals surface area contributed by atoms with Crippen molar-refractivity contribution in [2.24, 2.45) is 5.92 Å². The molecule has 1 aromatic carbocycles. The van der Waals surface area contributed by atoms with Gasteiger partial charge in [0.15, 0.2) is 5.78 Å². The van der Waals surface area contributed by atoms with E-state index in [9.17, 15) is 4.79 Å². The Bertz CT molecular complexity index is 390. The van der Waals surface area contributed by atoms with Gasteiger partial charge < -0.3 is 4.90 Å². The fourth-order valence-electron chi connectivity index (χ4n) is 2.08. The molecule has 0 aliphatic heterocycles. The highest BCUT2D eigenvalue weighted by Gasteiger charge is 2.25. The summed E-state index contributed by atoms with van der Waals surface area (Å²) in [6.45, 7) is 7.21. The lowest BCUT2D eigenvalue weighted by Crippen LogP contribution is -2.32. The fourth-order valence-corrected chi connectivity index (χ4v) is 2.08. The summed E-state index contributed by atoms with van der Waals surface area (Å²) in [4.78, 5) is 13.7. The van der Waals surface area contributed by atoms with Gasteiger partial charge in [0.2, 0.25) is 0 Å². The molecule has 2 heteroatoms. The van der Waals surface area contributed by atoms with Gasteiger partial charge in [0.25, 0.3) is 0 Å². The third-order valence-corrected chi connectivity index (χ3v) is 3.38. The molecular formula is C15H21NO. The van der Waals surface area contributed by atoms with Gasteiger partial charge in [-0.15, -0.1) is 0 Å². The molecule has 0 bridgehead atoms. The quantitative estimate of drug-likeness (QED) is 0.723. The molecular weight excluding hydrogens is 210 g/mol. The lowest BCUT2D eigenvalue weighted by Gasteiger charge is -2.29. The van der Waals surface area contributed by atoms with Crippen molar-refractivity contribution >= 4 is 11.5 Å². The Balaban J connectivity index is 2.14. The molecule has 0 amide bonds. The summed E-state index contributed by atoms with van der Waals surface area (Å²) in [5, 5.41) is 0. The molecule has 1 fully saturated rings. The predicted molar refractivity (Wildman–Crippen MR) is 71.7 cm³/mol. The van der Waals surface area contributed by atoms with Gasteiger partial charge in [0.1, 0.15) is 0 Å². The molecule has 92 valence electrons. The van der Waals surface area contributed by atoms with Crippen LogP contribution in [-0.4, -0.2) is 18.4 Å². The number of hydrogen-bond acceptors (Lipinski definition) is 2. The highest BCUT2D eigenvalue weighted by atomic mass is 16.1. The van der Waals surface area contributed by atoms with Gasteiger partial charge in [0, 0.05) is 23.8 Å². The van der Waals surface area contributed by atoms with Crippen LogP contribution >= 0.6 is 0 Å². The zero-order valence-corrected chi connectivity index (χ0v) is 10.9. The molecule has 0 heterocycles. The van der Waals surface area contributed by atoms with Crippen LogP contribution in [-0.2, 0) is 0 Å². The van der Waals surface area contributed by atoms with Crippen LogP contribution in [0.5, 0.6) is 0 Å². The average Bonchev–Trinajstić information content (AvgIpc) is 3.09. The molecule has 1 aliphatic rings. The predicted octanol–water partition coefficient (Wildman–Crippen LogP) is 3.51. The van der Waals surface area contributed by atoms with Crippen LogP contribution in [0.1, 0.15) is 44.0 Å². The molecule has 17 heavy (non-hydrogen) atoms. The molecule has 1 saturated carbocycles. The standard InChI is InChI=1S/C15H21NO/c1-11(2)16(10-13-4-5-13)15-8-6-14(7-9-15)12(3)17/h6-9,11,13H,4-5,10H2,1-3H3. The van der Waals surface area contributed by atoms with E-state index < -0.39 is 0 Å². The molecule has 0 spiro atoms. The van der Waals surface area contributed by atoms with Gasteiger partial charge in [-0.1, -0.05) is 0 Å². The zero-order valence-electron chi connectivity index (χ0n) is 10.9. The SMILES string of the molecule is CC(=O)c1ccc(N(CC2CC2)C(C)C)cc1. The molecule has 0 radical (unpaired) electrons. The van der Waals surface area contributed by atoms with Crippen LogP contribution in [0.15, 0.2) is 24.3 Å². The summed E-state index contributed by atoms with van der Waals surface area (Å²) in [5.41, 5.74) is 2.03. The number of nitrogens with zero attached hydrogens (tertiary/aromatic N) is 1. The number of Topliss-reactive ketones (excluding diaryl/α,β-unsaturated/α-hetero) is 1. The first kappa shape index (κ1) is 12.2. The summed E-state index contributed by atoms with van der Waals surface area (Å²) < 4.78 is 0.